The number of aromatic carboxylic acids is 1. The van der Waals surface area contributed by atoms with Crippen molar-refractivity contribution in [1.82, 2.24) is 10.2 Å². The third-order valence-electron chi connectivity index (χ3n) is 5.70. The van der Waals surface area contributed by atoms with Crippen molar-refractivity contribution in [2.45, 2.75) is 36.8 Å². The molecule has 0 spiro atoms. The number of likely N-dealkylation sites (tertiary alicyclic amines) is 1. The standard InChI is InChI=1S/C19H23BN2O7/c23-16(5-10-7-21-3-4-28-10)22-8-11(9-22)29-15-2-1-12(13-6-14(13)20-27)18(24)17(15)19(25)26/h1-2,10-11,13-14,21,24H,3-9H2,(H,25,26)/t10-,13-,14-/m1/s1. The van der Waals surface area contributed by atoms with E-state index in [-0.39, 0.29) is 46.9 Å². The Hall–Kier alpha value is -2.46. The topological polar surface area (TPSA) is 125 Å². The molecule has 0 radical (unpaired) electrons. The summed E-state index contributed by atoms with van der Waals surface area (Å²) in [6.07, 6.45) is 0.443. The molecule has 9 nitrogen and oxygen atoms in total. The zero-order valence-corrected chi connectivity index (χ0v) is 15.9. The number of carboxylic acid groups (broad SMARTS) is 1. The number of hydrogen-bond donors (Lipinski definition) is 3. The molecule has 1 amide bonds. The van der Waals surface area contributed by atoms with Crippen molar-refractivity contribution in [3.63, 3.8) is 0 Å². The number of hydrogen-bond acceptors (Lipinski definition) is 7. The minimum atomic E-state index is -1.29. The summed E-state index contributed by atoms with van der Waals surface area (Å²) in [5.41, 5.74) is 0.156. The van der Waals surface area contributed by atoms with Gasteiger partial charge in [0.1, 0.15) is 0 Å². The Morgan fingerprint density at radius 3 is 2.76 bits per heavy atom. The number of rotatable bonds is 7. The van der Waals surface area contributed by atoms with Crippen LogP contribution in [0.5, 0.6) is 11.5 Å². The molecule has 29 heavy (non-hydrogen) atoms. The summed E-state index contributed by atoms with van der Waals surface area (Å²) in [7, 11) is 0.823. The predicted molar refractivity (Wildman–Crippen MR) is 101 cm³/mol. The minimum absolute atomic E-state index is 0.0242. The van der Waals surface area contributed by atoms with E-state index in [2.05, 4.69) is 5.32 Å². The maximum absolute atomic E-state index is 12.3. The molecule has 10 heteroatoms. The number of ether oxygens (including phenoxy) is 2. The quantitative estimate of drug-likeness (QED) is 0.560. The number of amides is 1. The SMILES string of the molecule is O=B[C@@H]1C[C@@H]1c1ccc(OC2CN(C(=O)C[C@@H]3CNCCO3)C2)c(C(=O)O)c1O. The second-order valence-electron chi connectivity index (χ2n) is 7.76. The Labute approximate surface area is 168 Å². The molecule has 0 aromatic heterocycles. The number of nitrogens with one attached hydrogen (secondary N) is 1. The van der Waals surface area contributed by atoms with Crippen molar-refractivity contribution in [3.05, 3.63) is 23.3 Å². The summed E-state index contributed by atoms with van der Waals surface area (Å²) >= 11 is 0. The van der Waals surface area contributed by atoms with Gasteiger partial charge in [0.2, 0.25) is 0 Å². The van der Waals surface area contributed by atoms with E-state index in [1.807, 2.05) is 0 Å². The van der Waals surface area contributed by atoms with Gasteiger partial charge >= 0.3 is 132 Å². The van der Waals surface area contributed by atoms with Crippen molar-refractivity contribution in [3.8, 4) is 11.5 Å². The molecule has 3 atom stereocenters. The van der Waals surface area contributed by atoms with E-state index in [1.54, 1.807) is 11.0 Å². The summed E-state index contributed by atoms with van der Waals surface area (Å²) in [4.78, 5) is 25.6. The first kappa shape index (κ1) is 19.8. The number of benzene rings is 1. The zero-order chi connectivity index (χ0) is 20.5. The Balaban J connectivity index is 1.36. The summed E-state index contributed by atoms with van der Waals surface area (Å²) in [5.74, 6) is -1.92. The molecule has 3 fully saturated rings. The molecule has 3 N–H and O–H groups in total. The second kappa shape index (κ2) is 8.12. The van der Waals surface area contributed by atoms with Crippen molar-refractivity contribution >= 4 is 19.0 Å². The van der Waals surface area contributed by atoms with E-state index in [0.29, 0.717) is 44.6 Å². The van der Waals surface area contributed by atoms with E-state index >= 15 is 0 Å². The van der Waals surface area contributed by atoms with Crippen molar-refractivity contribution in [2.24, 2.45) is 0 Å². The van der Waals surface area contributed by atoms with Gasteiger partial charge in [-0.15, -0.1) is 0 Å². The van der Waals surface area contributed by atoms with Gasteiger partial charge in [0, 0.05) is 13.1 Å². The third-order valence-corrected chi connectivity index (χ3v) is 5.70. The number of carbonyl (C=O) groups is 2. The number of nitrogens with zero attached hydrogens (tertiary/aromatic N) is 1. The fourth-order valence-corrected chi connectivity index (χ4v) is 3.89. The number of aromatic hydroxyl groups is 1. The van der Waals surface area contributed by atoms with Gasteiger partial charge in [-0.2, -0.15) is 0 Å². The van der Waals surface area contributed by atoms with Crippen LogP contribution in [0.25, 0.3) is 0 Å². The van der Waals surface area contributed by atoms with Crippen LogP contribution in [0.3, 0.4) is 0 Å². The zero-order valence-electron chi connectivity index (χ0n) is 15.9. The van der Waals surface area contributed by atoms with Crippen LogP contribution < -0.4 is 10.1 Å². The Morgan fingerprint density at radius 1 is 1.34 bits per heavy atom. The molecule has 0 unspecified atom stereocenters. The predicted octanol–water partition coefficient (Wildman–Crippen LogP) is 0.384. The molecule has 154 valence electrons. The van der Waals surface area contributed by atoms with Crippen LogP contribution in [0, 0.1) is 0 Å². The van der Waals surface area contributed by atoms with Crippen LogP contribution in [0.1, 0.15) is 34.7 Å². The van der Waals surface area contributed by atoms with Crippen LogP contribution in [0.2, 0.25) is 5.82 Å². The summed E-state index contributed by atoms with van der Waals surface area (Å²) < 4.78 is 22.2. The summed E-state index contributed by atoms with van der Waals surface area (Å²) in [5, 5.41) is 23.1. The number of morpholine rings is 1. The van der Waals surface area contributed by atoms with Gasteiger partial charge in [0.05, 0.1) is 12.7 Å². The van der Waals surface area contributed by atoms with Gasteiger partial charge in [-0.1, -0.05) is 0 Å². The molecular weight excluding hydrogens is 379 g/mol. The van der Waals surface area contributed by atoms with E-state index in [9.17, 15) is 24.5 Å². The monoisotopic (exact) mass is 402 g/mol. The van der Waals surface area contributed by atoms with Crippen LogP contribution >= 0.6 is 0 Å². The molecular formula is C19H23BN2O7. The maximum atomic E-state index is 12.3. The van der Waals surface area contributed by atoms with E-state index in [0.717, 1.165) is 13.7 Å². The molecule has 0 bridgehead atoms. The van der Waals surface area contributed by atoms with Crippen molar-refractivity contribution in [2.75, 3.05) is 32.8 Å². The molecule has 1 saturated carbocycles. The van der Waals surface area contributed by atoms with Crippen LogP contribution in [0.15, 0.2) is 12.1 Å². The van der Waals surface area contributed by atoms with Crippen molar-refractivity contribution < 1.29 is 34.0 Å². The molecule has 2 heterocycles. The first-order valence-electron chi connectivity index (χ1n) is 9.79. The summed E-state index contributed by atoms with van der Waals surface area (Å²) in [6.45, 7) is 2.75. The Morgan fingerprint density at radius 2 is 2.14 bits per heavy atom. The number of carbonyl (C=O) groups excluding carboxylic acids is 1. The molecule has 2 aliphatic heterocycles. The molecule has 1 aromatic rings. The fraction of sp³-hybridized carbons (Fsp3) is 0.579. The van der Waals surface area contributed by atoms with Gasteiger partial charge in [-0.05, 0) is 0 Å². The van der Waals surface area contributed by atoms with Crippen molar-refractivity contribution in [1.29, 1.82) is 0 Å². The van der Waals surface area contributed by atoms with E-state index < -0.39 is 5.97 Å². The molecule has 3 aliphatic rings. The summed E-state index contributed by atoms with van der Waals surface area (Å²) in [6, 6.07) is 3.13. The average Bonchev–Trinajstić information content (AvgIpc) is 3.44. The number of carboxylic acids is 1. The average molecular weight is 402 g/mol. The second-order valence-corrected chi connectivity index (χ2v) is 7.76. The van der Waals surface area contributed by atoms with Crippen LogP contribution in [-0.2, 0) is 14.2 Å². The Bertz CT molecular complexity index is 821. The van der Waals surface area contributed by atoms with Gasteiger partial charge in [-0.25, -0.2) is 0 Å². The molecule has 1 aliphatic carbocycles. The third kappa shape index (κ3) is 4.13. The van der Waals surface area contributed by atoms with Gasteiger partial charge in [0.25, 0.3) is 0 Å². The first-order chi connectivity index (χ1) is 14.0. The number of phenols is 1. The van der Waals surface area contributed by atoms with Crippen LogP contribution in [0.4, 0.5) is 0 Å². The first-order valence-corrected chi connectivity index (χ1v) is 9.79. The van der Waals surface area contributed by atoms with E-state index in [1.165, 1.54) is 6.07 Å². The van der Waals surface area contributed by atoms with E-state index in [4.69, 9.17) is 9.47 Å². The normalized spacial score (nSPS) is 26.3. The van der Waals surface area contributed by atoms with Gasteiger partial charge in [-0.3, -0.25) is 0 Å². The molecule has 2 saturated heterocycles. The van der Waals surface area contributed by atoms with Crippen LogP contribution in [-0.4, -0.2) is 79.1 Å². The molecule has 4 rings (SSSR count). The van der Waals surface area contributed by atoms with Gasteiger partial charge < -0.3 is 10.1 Å². The van der Waals surface area contributed by atoms with Gasteiger partial charge in [0.15, 0.2) is 0 Å². The molecule has 1 aromatic carbocycles. The fourth-order valence-electron chi connectivity index (χ4n) is 3.89. The Kier molecular flexibility index (Phi) is 5.55.